The van der Waals surface area contributed by atoms with E-state index in [1.165, 1.54) is 33.8 Å². The second-order valence-corrected chi connectivity index (χ2v) is 10.7. The van der Waals surface area contributed by atoms with Gasteiger partial charge >= 0.3 is 0 Å². The fourth-order valence-corrected chi connectivity index (χ4v) is 6.48. The summed E-state index contributed by atoms with van der Waals surface area (Å²) in [5, 5.41) is 6.21. The molecule has 1 aliphatic carbocycles. The second kappa shape index (κ2) is 9.37. The molecule has 0 fully saturated rings. The first-order chi connectivity index (χ1) is 17.6. The number of nitrogens with zero attached hydrogens (tertiary/aromatic N) is 2. The minimum absolute atomic E-state index is 0.262. The van der Waals surface area contributed by atoms with Crippen LogP contribution >= 0.6 is 22.7 Å². The van der Waals surface area contributed by atoms with Gasteiger partial charge in [0, 0.05) is 22.0 Å². The van der Waals surface area contributed by atoms with Gasteiger partial charge in [0.15, 0.2) is 5.13 Å². The molecule has 0 saturated carbocycles. The van der Waals surface area contributed by atoms with Crippen LogP contribution in [0, 0.1) is 0 Å². The van der Waals surface area contributed by atoms with Crippen LogP contribution in [0.2, 0.25) is 0 Å². The Labute approximate surface area is 216 Å². The van der Waals surface area contributed by atoms with E-state index in [0.717, 1.165) is 52.2 Å². The van der Waals surface area contributed by atoms with E-state index in [9.17, 15) is 4.79 Å². The molecule has 0 spiro atoms. The van der Waals surface area contributed by atoms with E-state index < -0.39 is 0 Å². The number of carbonyl (C=O) groups is 1. The lowest BCUT2D eigenvalue weighted by Crippen LogP contribution is -2.14. The van der Waals surface area contributed by atoms with Gasteiger partial charge in [-0.25, -0.2) is 9.97 Å². The van der Waals surface area contributed by atoms with Crippen LogP contribution in [0.1, 0.15) is 38.8 Å². The molecular formula is C28H24N4O2S2. The van der Waals surface area contributed by atoms with Crippen molar-refractivity contribution in [3.05, 3.63) is 87.7 Å². The van der Waals surface area contributed by atoms with Crippen LogP contribution in [0.5, 0.6) is 5.75 Å². The maximum Gasteiger partial charge on any atom is 0.269 e. The fraction of sp³-hybridized carbons (Fsp3) is 0.179. The number of amides is 1. The van der Waals surface area contributed by atoms with Gasteiger partial charge in [-0.2, -0.15) is 0 Å². The average molecular weight is 513 g/mol. The SMILES string of the molecule is COc1cccc(-c2csc(NC(=O)c3sc4nc5c(cc4c3N)CC(c3ccccc3)CC5)n2)c1. The van der Waals surface area contributed by atoms with Crippen molar-refractivity contribution >= 4 is 49.6 Å². The maximum atomic E-state index is 13.1. The van der Waals surface area contributed by atoms with Crippen molar-refractivity contribution in [1.29, 1.82) is 0 Å². The van der Waals surface area contributed by atoms with E-state index in [-0.39, 0.29) is 5.91 Å². The highest BCUT2D eigenvalue weighted by atomic mass is 32.1. The molecule has 0 aliphatic heterocycles. The number of anilines is 2. The Hall–Kier alpha value is -3.75. The summed E-state index contributed by atoms with van der Waals surface area (Å²) in [6.07, 6.45) is 2.94. The number of nitrogen functional groups attached to an aromatic ring is 1. The number of hydrogen-bond donors (Lipinski definition) is 2. The summed E-state index contributed by atoms with van der Waals surface area (Å²) in [5.74, 6) is 0.973. The molecule has 1 amide bonds. The normalized spacial score (nSPS) is 15.0. The summed E-state index contributed by atoms with van der Waals surface area (Å²) < 4.78 is 5.30. The fourth-order valence-electron chi connectivity index (χ4n) is 4.77. The zero-order valence-electron chi connectivity index (χ0n) is 19.7. The van der Waals surface area contributed by atoms with Crippen molar-refractivity contribution < 1.29 is 9.53 Å². The smallest absolute Gasteiger partial charge is 0.269 e. The molecule has 180 valence electrons. The number of hydrogen-bond acceptors (Lipinski definition) is 7. The molecule has 8 heteroatoms. The van der Waals surface area contributed by atoms with E-state index in [1.54, 1.807) is 7.11 Å². The number of carbonyl (C=O) groups excluding carboxylic acids is 1. The molecular weight excluding hydrogens is 488 g/mol. The second-order valence-electron chi connectivity index (χ2n) is 8.87. The molecule has 0 saturated heterocycles. The summed E-state index contributed by atoms with van der Waals surface area (Å²) in [6, 6.07) is 20.4. The number of nitrogens with one attached hydrogen (secondary N) is 1. The number of pyridine rings is 1. The molecule has 1 unspecified atom stereocenters. The number of aryl methyl sites for hydroxylation is 1. The van der Waals surface area contributed by atoms with Crippen molar-refractivity contribution in [2.24, 2.45) is 0 Å². The third kappa shape index (κ3) is 4.23. The Balaban J connectivity index is 1.24. The Morgan fingerprint density at radius 2 is 1.97 bits per heavy atom. The van der Waals surface area contributed by atoms with Crippen LogP contribution in [0.15, 0.2) is 66.0 Å². The minimum atomic E-state index is -0.262. The molecule has 0 radical (unpaired) electrons. The number of aromatic nitrogens is 2. The van der Waals surface area contributed by atoms with Crippen molar-refractivity contribution in [1.82, 2.24) is 9.97 Å². The van der Waals surface area contributed by atoms with E-state index in [1.807, 2.05) is 29.6 Å². The predicted octanol–water partition coefficient (Wildman–Crippen LogP) is 6.54. The first-order valence-electron chi connectivity index (χ1n) is 11.8. The lowest BCUT2D eigenvalue weighted by Gasteiger charge is -2.24. The van der Waals surface area contributed by atoms with Gasteiger partial charge in [-0.15, -0.1) is 22.7 Å². The summed E-state index contributed by atoms with van der Waals surface area (Å²) in [6.45, 7) is 0. The lowest BCUT2D eigenvalue weighted by molar-refractivity contribution is 0.103. The molecule has 1 aliphatic rings. The van der Waals surface area contributed by atoms with Gasteiger partial charge in [0.2, 0.25) is 0 Å². The predicted molar refractivity (Wildman–Crippen MR) is 147 cm³/mol. The van der Waals surface area contributed by atoms with E-state index in [0.29, 0.717) is 21.6 Å². The number of thiazole rings is 1. The highest BCUT2D eigenvalue weighted by molar-refractivity contribution is 7.21. The van der Waals surface area contributed by atoms with Gasteiger partial charge in [-0.1, -0.05) is 42.5 Å². The van der Waals surface area contributed by atoms with Gasteiger partial charge < -0.3 is 10.5 Å². The van der Waals surface area contributed by atoms with Crippen LogP contribution < -0.4 is 15.8 Å². The Bertz CT molecular complexity index is 1580. The van der Waals surface area contributed by atoms with Crippen molar-refractivity contribution in [3.63, 3.8) is 0 Å². The summed E-state index contributed by atoms with van der Waals surface area (Å²) in [7, 11) is 1.63. The Morgan fingerprint density at radius 3 is 2.81 bits per heavy atom. The number of rotatable bonds is 5. The highest BCUT2D eigenvalue weighted by Crippen LogP contribution is 2.39. The quantitative estimate of drug-likeness (QED) is 0.279. The zero-order valence-corrected chi connectivity index (χ0v) is 21.3. The third-order valence-corrected chi connectivity index (χ3v) is 8.52. The standard InChI is InChI=1S/C28H24N4O2S2/c1-34-20-9-5-8-18(13-20)23-15-35-28(31-23)32-26(33)25-24(29)21-14-19-12-17(16-6-3-2-4-7-16)10-11-22(19)30-27(21)36-25/h2-9,13-15,17H,10-12,29H2,1H3,(H,31,32,33). The topological polar surface area (TPSA) is 90.1 Å². The Morgan fingerprint density at radius 1 is 1.11 bits per heavy atom. The number of benzene rings is 2. The Kier molecular flexibility index (Phi) is 5.91. The number of thiophene rings is 1. The van der Waals surface area contributed by atoms with Gasteiger partial charge in [-0.3, -0.25) is 10.1 Å². The molecule has 36 heavy (non-hydrogen) atoms. The number of methoxy groups -OCH3 is 1. The molecule has 5 aromatic rings. The minimum Gasteiger partial charge on any atom is -0.497 e. The molecule has 3 heterocycles. The number of ether oxygens (including phenoxy) is 1. The van der Waals surface area contributed by atoms with Crippen LogP contribution in [0.4, 0.5) is 10.8 Å². The number of fused-ring (bicyclic) bond motifs is 2. The molecule has 2 aromatic carbocycles. The maximum absolute atomic E-state index is 13.1. The summed E-state index contributed by atoms with van der Waals surface area (Å²) >= 11 is 2.72. The van der Waals surface area contributed by atoms with E-state index in [4.69, 9.17) is 15.5 Å². The molecule has 6 rings (SSSR count). The largest absolute Gasteiger partial charge is 0.497 e. The van der Waals surface area contributed by atoms with Crippen LogP contribution in [0.25, 0.3) is 21.5 Å². The monoisotopic (exact) mass is 512 g/mol. The van der Waals surface area contributed by atoms with Crippen molar-refractivity contribution in [2.45, 2.75) is 25.2 Å². The van der Waals surface area contributed by atoms with Crippen LogP contribution in [-0.2, 0) is 12.8 Å². The first kappa shape index (κ1) is 22.7. The van der Waals surface area contributed by atoms with Crippen molar-refractivity contribution in [3.8, 4) is 17.0 Å². The van der Waals surface area contributed by atoms with Crippen molar-refractivity contribution in [2.75, 3.05) is 18.2 Å². The van der Waals surface area contributed by atoms with E-state index >= 15 is 0 Å². The molecule has 1 atom stereocenters. The first-order valence-corrected chi connectivity index (χ1v) is 13.5. The van der Waals surface area contributed by atoms with Gasteiger partial charge in [0.25, 0.3) is 5.91 Å². The molecule has 3 aromatic heterocycles. The molecule has 3 N–H and O–H groups in total. The van der Waals surface area contributed by atoms with Crippen LogP contribution in [-0.4, -0.2) is 23.0 Å². The van der Waals surface area contributed by atoms with Gasteiger partial charge in [0.1, 0.15) is 15.5 Å². The average Bonchev–Trinajstić information content (AvgIpc) is 3.52. The number of nitrogens with two attached hydrogens (primary N) is 1. The van der Waals surface area contributed by atoms with Gasteiger partial charge in [-0.05, 0) is 54.5 Å². The molecule has 0 bridgehead atoms. The van der Waals surface area contributed by atoms with E-state index in [2.05, 4.69) is 46.7 Å². The zero-order chi connectivity index (χ0) is 24.6. The lowest BCUT2D eigenvalue weighted by atomic mass is 9.82. The summed E-state index contributed by atoms with van der Waals surface area (Å²) in [5.41, 5.74) is 12.4. The molecule has 6 nitrogen and oxygen atoms in total. The van der Waals surface area contributed by atoms with Gasteiger partial charge in [0.05, 0.1) is 18.5 Å². The third-order valence-electron chi connectivity index (χ3n) is 6.65. The van der Waals surface area contributed by atoms with Crippen LogP contribution in [0.3, 0.4) is 0 Å². The highest BCUT2D eigenvalue weighted by Gasteiger charge is 2.25. The summed E-state index contributed by atoms with van der Waals surface area (Å²) in [4.78, 5) is 23.9.